The van der Waals surface area contributed by atoms with Gasteiger partial charge in [0.2, 0.25) is 0 Å². The molecule has 0 bridgehead atoms. The molecule has 19 heavy (non-hydrogen) atoms. The number of aliphatic hydroxyl groups excluding tert-OH is 1. The van der Waals surface area contributed by atoms with E-state index >= 15 is 0 Å². The molecule has 0 aliphatic heterocycles. The third kappa shape index (κ3) is 4.20. The molecule has 106 valence electrons. The van der Waals surface area contributed by atoms with Gasteiger partial charge in [-0.3, -0.25) is 4.90 Å². The highest BCUT2D eigenvalue weighted by atomic mass is 79.9. The van der Waals surface area contributed by atoms with Crippen molar-refractivity contribution in [3.63, 3.8) is 0 Å². The SMILES string of the molecule is Nc1cc(CN(CCO)C2CCCCC2)ccc1Br. The van der Waals surface area contributed by atoms with E-state index in [1.54, 1.807) is 0 Å². The second kappa shape index (κ2) is 7.27. The lowest BCUT2D eigenvalue weighted by molar-refractivity contribution is 0.117. The summed E-state index contributed by atoms with van der Waals surface area (Å²) in [5.74, 6) is 0. The zero-order valence-electron chi connectivity index (χ0n) is 11.3. The Labute approximate surface area is 123 Å². The first-order valence-corrected chi connectivity index (χ1v) is 7.89. The minimum absolute atomic E-state index is 0.225. The number of anilines is 1. The van der Waals surface area contributed by atoms with Gasteiger partial charge in [0, 0.05) is 29.3 Å². The standard InChI is InChI=1S/C15H23BrN2O/c16-14-7-6-12(10-15(14)17)11-18(8-9-19)13-4-2-1-3-5-13/h6-7,10,13,19H,1-5,8-9,11,17H2. The Hall–Kier alpha value is -0.580. The van der Waals surface area contributed by atoms with Crippen LogP contribution in [0.5, 0.6) is 0 Å². The second-order valence-electron chi connectivity index (χ2n) is 5.34. The van der Waals surface area contributed by atoms with E-state index in [0.29, 0.717) is 6.04 Å². The average Bonchev–Trinajstić information content (AvgIpc) is 2.43. The zero-order valence-corrected chi connectivity index (χ0v) is 12.9. The molecule has 0 amide bonds. The van der Waals surface area contributed by atoms with Gasteiger partial charge in [0.1, 0.15) is 0 Å². The maximum absolute atomic E-state index is 9.27. The van der Waals surface area contributed by atoms with Crippen molar-refractivity contribution in [3.05, 3.63) is 28.2 Å². The van der Waals surface area contributed by atoms with Gasteiger partial charge in [-0.05, 0) is 46.5 Å². The first kappa shape index (κ1) is 14.8. The van der Waals surface area contributed by atoms with Crippen molar-refractivity contribution in [2.75, 3.05) is 18.9 Å². The molecule has 1 aromatic carbocycles. The van der Waals surface area contributed by atoms with Crippen molar-refractivity contribution in [2.45, 2.75) is 44.7 Å². The summed E-state index contributed by atoms with van der Waals surface area (Å²) in [6, 6.07) is 6.75. The molecule has 1 aliphatic carbocycles. The van der Waals surface area contributed by atoms with Gasteiger partial charge < -0.3 is 10.8 Å². The zero-order chi connectivity index (χ0) is 13.7. The van der Waals surface area contributed by atoms with Crippen molar-refractivity contribution in [3.8, 4) is 0 Å². The van der Waals surface area contributed by atoms with Crippen LogP contribution in [0.15, 0.2) is 22.7 Å². The van der Waals surface area contributed by atoms with Gasteiger partial charge in [-0.2, -0.15) is 0 Å². The number of nitrogen functional groups attached to an aromatic ring is 1. The topological polar surface area (TPSA) is 49.5 Å². The summed E-state index contributed by atoms with van der Waals surface area (Å²) in [4.78, 5) is 2.40. The molecule has 0 aromatic heterocycles. The highest BCUT2D eigenvalue weighted by Gasteiger charge is 2.20. The van der Waals surface area contributed by atoms with Crippen LogP contribution in [0.3, 0.4) is 0 Å². The molecule has 0 saturated heterocycles. The van der Waals surface area contributed by atoms with Crippen LogP contribution in [0.1, 0.15) is 37.7 Å². The predicted octanol–water partition coefficient (Wildman–Crippen LogP) is 3.16. The number of rotatable bonds is 5. The van der Waals surface area contributed by atoms with E-state index in [2.05, 4.69) is 26.9 Å². The van der Waals surface area contributed by atoms with E-state index in [1.165, 1.54) is 37.7 Å². The Bertz CT molecular complexity index is 405. The minimum Gasteiger partial charge on any atom is -0.398 e. The molecule has 4 heteroatoms. The largest absolute Gasteiger partial charge is 0.398 e. The normalized spacial score (nSPS) is 17.0. The van der Waals surface area contributed by atoms with Crippen molar-refractivity contribution < 1.29 is 5.11 Å². The van der Waals surface area contributed by atoms with Gasteiger partial charge in [0.15, 0.2) is 0 Å². The highest BCUT2D eigenvalue weighted by Crippen LogP contribution is 2.25. The van der Waals surface area contributed by atoms with E-state index in [4.69, 9.17) is 5.73 Å². The van der Waals surface area contributed by atoms with Crippen molar-refractivity contribution in [2.24, 2.45) is 0 Å². The van der Waals surface area contributed by atoms with E-state index < -0.39 is 0 Å². The number of halogens is 1. The summed E-state index contributed by atoms with van der Waals surface area (Å²) in [6.45, 7) is 1.85. The van der Waals surface area contributed by atoms with Gasteiger partial charge in [-0.1, -0.05) is 25.3 Å². The number of nitrogens with zero attached hydrogens (tertiary/aromatic N) is 1. The Morgan fingerprint density at radius 2 is 2.00 bits per heavy atom. The molecule has 2 rings (SSSR count). The maximum atomic E-state index is 9.27. The summed E-state index contributed by atoms with van der Waals surface area (Å²) in [6.07, 6.45) is 6.50. The first-order valence-electron chi connectivity index (χ1n) is 7.09. The molecule has 3 nitrogen and oxygen atoms in total. The molecule has 0 atom stereocenters. The van der Waals surface area contributed by atoms with E-state index in [0.717, 1.165) is 23.2 Å². The van der Waals surface area contributed by atoms with Crippen molar-refractivity contribution in [1.29, 1.82) is 0 Å². The minimum atomic E-state index is 0.225. The lowest BCUT2D eigenvalue weighted by Gasteiger charge is -2.34. The average molecular weight is 327 g/mol. The van der Waals surface area contributed by atoms with E-state index in [-0.39, 0.29) is 6.61 Å². The predicted molar refractivity (Wildman–Crippen MR) is 82.9 cm³/mol. The first-order chi connectivity index (χ1) is 9.20. The van der Waals surface area contributed by atoms with Crippen LogP contribution in [0.2, 0.25) is 0 Å². The summed E-state index contributed by atoms with van der Waals surface area (Å²) in [5, 5.41) is 9.27. The van der Waals surface area contributed by atoms with Crippen molar-refractivity contribution in [1.82, 2.24) is 4.90 Å². The fourth-order valence-corrected chi connectivity index (χ4v) is 3.14. The molecular weight excluding hydrogens is 304 g/mol. The highest BCUT2D eigenvalue weighted by molar-refractivity contribution is 9.10. The second-order valence-corrected chi connectivity index (χ2v) is 6.20. The van der Waals surface area contributed by atoms with E-state index in [1.807, 2.05) is 12.1 Å². The van der Waals surface area contributed by atoms with Crippen LogP contribution in [0.4, 0.5) is 5.69 Å². The number of nitrogens with two attached hydrogens (primary N) is 1. The summed E-state index contributed by atoms with van der Waals surface area (Å²) in [5.41, 5.74) is 7.94. The molecule has 1 fully saturated rings. The van der Waals surface area contributed by atoms with E-state index in [9.17, 15) is 5.11 Å². The van der Waals surface area contributed by atoms with Gasteiger partial charge in [-0.15, -0.1) is 0 Å². The lowest BCUT2D eigenvalue weighted by Crippen LogP contribution is -2.38. The number of benzene rings is 1. The Balaban J connectivity index is 2.04. The molecule has 1 aromatic rings. The lowest BCUT2D eigenvalue weighted by atomic mass is 9.94. The molecule has 1 saturated carbocycles. The fourth-order valence-electron chi connectivity index (χ4n) is 2.89. The summed E-state index contributed by atoms with van der Waals surface area (Å²) in [7, 11) is 0. The summed E-state index contributed by atoms with van der Waals surface area (Å²) >= 11 is 3.42. The molecule has 0 unspecified atom stereocenters. The third-order valence-corrected chi connectivity index (χ3v) is 4.65. The number of hydrogen-bond acceptors (Lipinski definition) is 3. The summed E-state index contributed by atoms with van der Waals surface area (Å²) < 4.78 is 0.947. The van der Waals surface area contributed by atoms with Gasteiger partial charge in [0.25, 0.3) is 0 Å². The van der Waals surface area contributed by atoms with Gasteiger partial charge in [0.05, 0.1) is 6.61 Å². The molecular formula is C15H23BrN2O. The smallest absolute Gasteiger partial charge is 0.0558 e. The molecule has 1 aliphatic rings. The van der Waals surface area contributed by atoms with Gasteiger partial charge in [-0.25, -0.2) is 0 Å². The molecule has 0 spiro atoms. The van der Waals surface area contributed by atoms with Crippen LogP contribution < -0.4 is 5.73 Å². The fraction of sp³-hybridized carbons (Fsp3) is 0.600. The molecule has 3 N–H and O–H groups in total. The van der Waals surface area contributed by atoms with Crippen LogP contribution in [0.25, 0.3) is 0 Å². The van der Waals surface area contributed by atoms with Crippen LogP contribution in [0, 0.1) is 0 Å². The number of hydrogen-bond donors (Lipinski definition) is 2. The maximum Gasteiger partial charge on any atom is 0.0558 e. The Kier molecular flexibility index (Phi) is 5.67. The number of aliphatic hydroxyl groups is 1. The van der Waals surface area contributed by atoms with Gasteiger partial charge >= 0.3 is 0 Å². The molecule has 0 radical (unpaired) electrons. The van der Waals surface area contributed by atoms with Crippen LogP contribution in [-0.4, -0.2) is 29.2 Å². The Morgan fingerprint density at radius 3 is 2.63 bits per heavy atom. The van der Waals surface area contributed by atoms with Crippen LogP contribution in [-0.2, 0) is 6.54 Å². The van der Waals surface area contributed by atoms with Crippen LogP contribution >= 0.6 is 15.9 Å². The quantitative estimate of drug-likeness (QED) is 0.817. The Morgan fingerprint density at radius 1 is 1.26 bits per heavy atom. The monoisotopic (exact) mass is 326 g/mol. The molecule has 0 heterocycles. The van der Waals surface area contributed by atoms with Crippen molar-refractivity contribution >= 4 is 21.6 Å². The third-order valence-electron chi connectivity index (χ3n) is 3.92.